The number of hydrogen-bond donors (Lipinski definition) is 0. The predicted octanol–water partition coefficient (Wildman–Crippen LogP) is 3.63. The van der Waals surface area contributed by atoms with Crippen molar-refractivity contribution in [3.05, 3.63) is 65.2 Å². The van der Waals surface area contributed by atoms with Crippen LogP contribution in [0, 0.1) is 11.6 Å². The molecule has 166 valence electrons. The second kappa shape index (κ2) is 8.31. The fourth-order valence-electron chi connectivity index (χ4n) is 4.76. The number of nitrogens with zero attached hydrogens (tertiary/aromatic N) is 2. The van der Waals surface area contributed by atoms with E-state index in [-0.39, 0.29) is 24.7 Å². The number of carbonyl (C=O) groups is 1. The highest BCUT2D eigenvalue weighted by Gasteiger charge is 2.47. The third-order valence-corrected chi connectivity index (χ3v) is 8.44. The number of benzene rings is 2. The first-order valence-corrected chi connectivity index (χ1v) is 12.2. The van der Waals surface area contributed by atoms with Crippen LogP contribution in [-0.4, -0.2) is 44.0 Å². The monoisotopic (exact) mass is 448 g/mol. The molecule has 5 nitrogen and oxygen atoms in total. The number of amides is 1. The van der Waals surface area contributed by atoms with Crippen molar-refractivity contribution >= 4 is 21.6 Å². The number of piperidine rings is 1. The zero-order valence-electron chi connectivity index (χ0n) is 17.5. The van der Waals surface area contributed by atoms with Crippen molar-refractivity contribution in [1.82, 2.24) is 4.31 Å². The summed E-state index contributed by atoms with van der Waals surface area (Å²) in [5.41, 5.74) is 0.936. The molecule has 0 spiro atoms. The summed E-state index contributed by atoms with van der Waals surface area (Å²) in [5.74, 6) is -2.05. The van der Waals surface area contributed by atoms with Gasteiger partial charge in [-0.15, -0.1) is 0 Å². The maximum atomic E-state index is 14.0. The lowest BCUT2D eigenvalue weighted by Crippen LogP contribution is -2.55. The van der Waals surface area contributed by atoms with Gasteiger partial charge in [0.1, 0.15) is 0 Å². The highest BCUT2D eigenvalue weighted by Crippen LogP contribution is 2.41. The standard InChI is InChI=1S/C23H26F2N2O3S/c1-2-31(29,30)26-13-10-23(11-14-26,18-8-4-3-5-9-18)22(28)27-12-6-7-17-15-19(24)20(25)16-21(17)27/h3-5,8-9,15-16H,2,6-7,10-14H2,1H3. The third kappa shape index (κ3) is 3.87. The minimum absolute atomic E-state index is 0.0175. The van der Waals surface area contributed by atoms with E-state index in [4.69, 9.17) is 0 Å². The normalized spacial score (nSPS) is 19.1. The summed E-state index contributed by atoms with van der Waals surface area (Å²) >= 11 is 0. The minimum atomic E-state index is -3.35. The molecule has 0 bridgehead atoms. The lowest BCUT2D eigenvalue weighted by molar-refractivity contribution is -0.125. The predicted molar refractivity (Wildman–Crippen MR) is 115 cm³/mol. The number of aryl methyl sites for hydroxylation is 1. The number of rotatable bonds is 4. The van der Waals surface area contributed by atoms with Gasteiger partial charge in [0.25, 0.3) is 0 Å². The van der Waals surface area contributed by atoms with Crippen LogP contribution in [0.4, 0.5) is 14.5 Å². The molecule has 1 saturated heterocycles. The molecule has 0 atom stereocenters. The van der Waals surface area contributed by atoms with Crippen LogP contribution in [0.1, 0.15) is 37.3 Å². The zero-order chi connectivity index (χ0) is 22.2. The maximum absolute atomic E-state index is 14.0. The molecule has 0 aliphatic carbocycles. The van der Waals surface area contributed by atoms with Gasteiger partial charge >= 0.3 is 0 Å². The molecule has 0 aromatic heterocycles. The number of sulfonamides is 1. The molecular weight excluding hydrogens is 422 g/mol. The van der Waals surface area contributed by atoms with Gasteiger partial charge in [-0.25, -0.2) is 21.5 Å². The highest BCUT2D eigenvalue weighted by molar-refractivity contribution is 7.89. The van der Waals surface area contributed by atoms with Gasteiger partial charge in [-0.05, 0) is 49.8 Å². The summed E-state index contributed by atoms with van der Waals surface area (Å²) in [7, 11) is -3.35. The van der Waals surface area contributed by atoms with Gasteiger partial charge in [-0.1, -0.05) is 30.3 Å². The average Bonchev–Trinajstić information content (AvgIpc) is 2.79. The van der Waals surface area contributed by atoms with E-state index in [0.29, 0.717) is 43.5 Å². The lowest BCUT2D eigenvalue weighted by Gasteiger charge is -2.44. The van der Waals surface area contributed by atoms with Gasteiger partial charge in [0, 0.05) is 31.4 Å². The molecule has 2 heterocycles. The van der Waals surface area contributed by atoms with Crippen LogP contribution < -0.4 is 4.90 Å². The summed E-state index contributed by atoms with van der Waals surface area (Å²) in [6.45, 7) is 2.52. The Balaban J connectivity index is 1.74. The van der Waals surface area contributed by atoms with Crippen LogP contribution >= 0.6 is 0 Å². The van der Waals surface area contributed by atoms with Crippen LogP contribution in [0.5, 0.6) is 0 Å². The van der Waals surface area contributed by atoms with E-state index in [1.165, 1.54) is 10.4 Å². The smallest absolute Gasteiger partial charge is 0.237 e. The summed E-state index contributed by atoms with van der Waals surface area (Å²) in [5, 5.41) is 0. The van der Waals surface area contributed by atoms with Crippen LogP contribution in [0.3, 0.4) is 0 Å². The zero-order valence-corrected chi connectivity index (χ0v) is 18.3. The Morgan fingerprint density at radius 2 is 1.68 bits per heavy atom. The van der Waals surface area contributed by atoms with E-state index in [1.54, 1.807) is 11.8 Å². The summed E-state index contributed by atoms with van der Waals surface area (Å²) in [4.78, 5) is 15.6. The van der Waals surface area contributed by atoms with Crippen LogP contribution in [-0.2, 0) is 26.7 Å². The van der Waals surface area contributed by atoms with Crippen molar-refractivity contribution in [2.45, 2.75) is 38.0 Å². The minimum Gasteiger partial charge on any atom is -0.311 e. The molecule has 0 saturated carbocycles. The van der Waals surface area contributed by atoms with E-state index in [0.717, 1.165) is 11.6 Å². The van der Waals surface area contributed by atoms with Crippen LogP contribution in [0.25, 0.3) is 0 Å². The van der Waals surface area contributed by atoms with Gasteiger partial charge in [-0.3, -0.25) is 4.79 Å². The van der Waals surface area contributed by atoms with Crippen molar-refractivity contribution in [3.8, 4) is 0 Å². The van der Waals surface area contributed by atoms with Gasteiger partial charge in [-0.2, -0.15) is 0 Å². The molecule has 2 aliphatic heterocycles. The topological polar surface area (TPSA) is 57.7 Å². The molecule has 2 aromatic rings. The number of hydrogen-bond acceptors (Lipinski definition) is 3. The second-order valence-corrected chi connectivity index (χ2v) is 10.5. The molecule has 4 rings (SSSR count). The Morgan fingerprint density at radius 3 is 2.32 bits per heavy atom. The number of anilines is 1. The van der Waals surface area contributed by atoms with E-state index in [9.17, 15) is 22.0 Å². The van der Waals surface area contributed by atoms with Gasteiger partial charge in [0.15, 0.2) is 11.6 Å². The third-order valence-electron chi connectivity index (χ3n) is 6.56. The lowest BCUT2D eigenvalue weighted by atomic mass is 9.71. The fourth-order valence-corrected chi connectivity index (χ4v) is 5.86. The SMILES string of the molecule is CCS(=O)(=O)N1CCC(C(=O)N2CCCc3cc(F)c(F)cc32)(c2ccccc2)CC1. The van der Waals surface area contributed by atoms with Crippen molar-refractivity contribution in [2.75, 3.05) is 30.3 Å². The molecule has 2 aromatic carbocycles. The number of fused-ring (bicyclic) bond motifs is 1. The van der Waals surface area contributed by atoms with Crippen LogP contribution in [0.2, 0.25) is 0 Å². The Hall–Kier alpha value is -2.32. The number of carbonyl (C=O) groups excluding carboxylic acids is 1. The summed E-state index contributed by atoms with van der Waals surface area (Å²) in [6, 6.07) is 11.6. The van der Waals surface area contributed by atoms with Crippen molar-refractivity contribution < 1.29 is 22.0 Å². The first-order valence-electron chi connectivity index (χ1n) is 10.6. The molecule has 0 N–H and O–H groups in total. The Labute approximate surface area is 181 Å². The first kappa shape index (κ1) is 21.9. The van der Waals surface area contributed by atoms with Crippen molar-refractivity contribution in [3.63, 3.8) is 0 Å². The van der Waals surface area contributed by atoms with Gasteiger partial charge < -0.3 is 4.90 Å². The molecule has 1 amide bonds. The van der Waals surface area contributed by atoms with E-state index in [1.807, 2.05) is 30.3 Å². The van der Waals surface area contributed by atoms with Gasteiger partial charge in [0.05, 0.1) is 11.2 Å². The quantitative estimate of drug-likeness (QED) is 0.718. The van der Waals surface area contributed by atoms with E-state index >= 15 is 0 Å². The molecule has 31 heavy (non-hydrogen) atoms. The summed E-state index contributed by atoms with van der Waals surface area (Å²) in [6.07, 6.45) is 1.91. The Morgan fingerprint density at radius 1 is 1.03 bits per heavy atom. The first-order chi connectivity index (χ1) is 14.8. The van der Waals surface area contributed by atoms with Crippen molar-refractivity contribution in [1.29, 1.82) is 0 Å². The fraction of sp³-hybridized carbons (Fsp3) is 0.435. The highest BCUT2D eigenvalue weighted by atomic mass is 32.2. The molecule has 2 aliphatic rings. The maximum Gasteiger partial charge on any atom is 0.237 e. The number of halogens is 2. The molecule has 0 unspecified atom stereocenters. The molecule has 8 heteroatoms. The molecule has 1 fully saturated rings. The van der Waals surface area contributed by atoms with E-state index in [2.05, 4.69) is 0 Å². The molecule has 0 radical (unpaired) electrons. The summed E-state index contributed by atoms with van der Waals surface area (Å²) < 4.78 is 54.0. The molecular formula is C23H26F2N2O3S. The van der Waals surface area contributed by atoms with E-state index < -0.39 is 27.1 Å². The van der Waals surface area contributed by atoms with Crippen molar-refractivity contribution in [2.24, 2.45) is 0 Å². The van der Waals surface area contributed by atoms with Crippen LogP contribution in [0.15, 0.2) is 42.5 Å². The average molecular weight is 449 g/mol. The Bertz CT molecular complexity index is 1080. The second-order valence-electron chi connectivity index (χ2n) is 8.20. The largest absolute Gasteiger partial charge is 0.311 e. The van der Waals surface area contributed by atoms with Gasteiger partial charge in [0.2, 0.25) is 15.9 Å². The Kier molecular flexibility index (Phi) is 5.87.